The fraction of sp³-hybridized carbons (Fsp3) is 0.727. The Balaban J connectivity index is 1.97. The number of hydrogen-bond donors (Lipinski definition) is 0. The molecule has 1 aliphatic rings. The number of hydrogen-bond acceptors (Lipinski definition) is 4. The zero-order chi connectivity index (χ0) is 11.8. The summed E-state index contributed by atoms with van der Waals surface area (Å²) >= 11 is 7.42. The van der Waals surface area contributed by atoms with Crippen molar-refractivity contribution >= 4 is 22.9 Å². The minimum absolute atomic E-state index is 0.257. The lowest BCUT2D eigenvalue weighted by atomic mass is 10.00. The Hall–Kier alpha value is -0.160. The standard InChI is InChI=1S/C11H18ClN3S/c1-11(2)8-15(5-4-14(11)3)7-9-6-13-10(12)16-9/h6H,4-5,7-8H2,1-3H3. The Morgan fingerprint density at radius 1 is 1.50 bits per heavy atom. The fourth-order valence-electron chi connectivity index (χ4n) is 2.05. The van der Waals surface area contributed by atoms with Gasteiger partial charge in [0.2, 0.25) is 0 Å². The molecule has 1 saturated heterocycles. The van der Waals surface area contributed by atoms with Crippen LogP contribution in [0.5, 0.6) is 0 Å². The van der Waals surface area contributed by atoms with E-state index in [-0.39, 0.29) is 5.54 Å². The van der Waals surface area contributed by atoms with E-state index in [2.05, 4.69) is 35.7 Å². The van der Waals surface area contributed by atoms with Crippen molar-refractivity contribution < 1.29 is 0 Å². The molecule has 90 valence electrons. The van der Waals surface area contributed by atoms with Crippen LogP contribution < -0.4 is 0 Å². The Bertz CT molecular complexity index is 364. The van der Waals surface area contributed by atoms with Gasteiger partial charge in [-0.05, 0) is 20.9 Å². The summed E-state index contributed by atoms with van der Waals surface area (Å²) in [6, 6.07) is 0. The van der Waals surface area contributed by atoms with Gasteiger partial charge in [0.1, 0.15) is 0 Å². The van der Waals surface area contributed by atoms with Crippen molar-refractivity contribution in [2.24, 2.45) is 0 Å². The smallest absolute Gasteiger partial charge is 0.183 e. The van der Waals surface area contributed by atoms with Crippen LogP contribution in [0.2, 0.25) is 4.47 Å². The van der Waals surface area contributed by atoms with Crippen LogP contribution in [-0.2, 0) is 6.54 Å². The first-order chi connectivity index (χ1) is 7.47. The highest BCUT2D eigenvalue weighted by atomic mass is 35.5. The maximum absolute atomic E-state index is 5.84. The van der Waals surface area contributed by atoms with Gasteiger partial charge in [0, 0.05) is 42.8 Å². The molecule has 2 heterocycles. The highest BCUT2D eigenvalue weighted by Gasteiger charge is 2.30. The summed E-state index contributed by atoms with van der Waals surface area (Å²) in [4.78, 5) is 10.2. The Morgan fingerprint density at radius 2 is 2.25 bits per heavy atom. The third-order valence-corrected chi connectivity index (χ3v) is 4.40. The van der Waals surface area contributed by atoms with Crippen molar-refractivity contribution in [2.45, 2.75) is 25.9 Å². The number of rotatable bonds is 2. The quantitative estimate of drug-likeness (QED) is 0.813. The third-order valence-electron chi connectivity index (χ3n) is 3.30. The summed E-state index contributed by atoms with van der Waals surface area (Å²) in [5.74, 6) is 0. The summed E-state index contributed by atoms with van der Waals surface area (Å²) in [7, 11) is 2.20. The summed E-state index contributed by atoms with van der Waals surface area (Å²) in [5.41, 5.74) is 0.257. The van der Waals surface area contributed by atoms with Gasteiger partial charge in [-0.1, -0.05) is 11.6 Å². The molecule has 0 spiro atoms. The molecule has 2 rings (SSSR count). The lowest BCUT2D eigenvalue weighted by molar-refractivity contribution is 0.0365. The topological polar surface area (TPSA) is 19.4 Å². The van der Waals surface area contributed by atoms with Crippen LogP contribution in [0.1, 0.15) is 18.7 Å². The van der Waals surface area contributed by atoms with Crippen LogP contribution in [0.4, 0.5) is 0 Å². The molecule has 0 N–H and O–H groups in total. The fourth-order valence-corrected chi connectivity index (χ4v) is 3.07. The zero-order valence-electron chi connectivity index (χ0n) is 10.0. The average molecular weight is 260 g/mol. The molecule has 1 aromatic heterocycles. The first-order valence-electron chi connectivity index (χ1n) is 5.51. The van der Waals surface area contributed by atoms with E-state index in [1.165, 1.54) is 4.88 Å². The van der Waals surface area contributed by atoms with Crippen LogP contribution in [0, 0.1) is 0 Å². The Labute approximate surface area is 106 Å². The van der Waals surface area contributed by atoms with Gasteiger partial charge in [0.05, 0.1) is 0 Å². The van der Waals surface area contributed by atoms with Crippen molar-refractivity contribution in [3.63, 3.8) is 0 Å². The first-order valence-corrected chi connectivity index (χ1v) is 6.71. The van der Waals surface area contributed by atoms with Crippen LogP contribution in [0.3, 0.4) is 0 Å². The van der Waals surface area contributed by atoms with Gasteiger partial charge in [-0.15, -0.1) is 11.3 Å². The van der Waals surface area contributed by atoms with Gasteiger partial charge in [0.15, 0.2) is 4.47 Å². The second-order valence-corrected chi connectivity index (χ2v) is 6.72. The summed E-state index contributed by atoms with van der Waals surface area (Å²) < 4.78 is 0.642. The van der Waals surface area contributed by atoms with Crippen LogP contribution >= 0.6 is 22.9 Å². The third kappa shape index (κ3) is 2.74. The van der Waals surface area contributed by atoms with Gasteiger partial charge in [0.25, 0.3) is 0 Å². The zero-order valence-corrected chi connectivity index (χ0v) is 11.6. The second kappa shape index (κ2) is 4.61. The largest absolute Gasteiger partial charge is 0.299 e. The maximum Gasteiger partial charge on any atom is 0.183 e. The van der Waals surface area contributed by atoms with Crippen molar-refractivity contribution in [1.29, 1.82) is 0 Å². The average Bonchev–Trinajstić information content (AvgIpc) is 2.57. The molecule has 0 aliphatic carbocycles. The first kappa shape index (κ1) is 12.3. The van der Waals surface area contributed by atoms with Gasteiger partial charge in [-0.2, -0.15) is 0 Å². The minimum atomic E-state index is 0.257. The molecule has 0 atom stereocenters. The van der Waals surface area contributed by atoms with E-state index >= 15 is 0 Å². The molecule has 5 heteroatoms. The molecule has 1 aliphatic heterocycles. The lowest BCUT2D eigenvalue weighted by Gasteiger charge is -2.45. The van der Waals surface area contributed by atoms with E-state index in [4.69, 9.17) is 11.6 Å². The second-order valence-electron chi connectivity index (χ2n) is 5.02. The van der Waals surface area contributed by atoms with E-state index in [1.807, 2.05) is 6.20 Å². The van der Waals surface area contributed by atoms with Gasteiger partial charge in [-0.25, -0.2) is 4.98 Å². The van der Waals surface area contributed by atoms with E-state index in [1.54, 1.807) is 11.3 Å². The predicted octanol–water partition coefficient (Wildman–Crippen LogP) is 2.32. The number of halogens is 1. The summed E-state index contributed by atoms with van der Waals surface area (Å²) in [5, 5.41) is 0. The molecule has 0 unspecified atom stereocenters. The van der Waals surface area contributed by atoms with Gasteiger partial charge >= 0.3 is 0 Å². The maximum atomic E-state index is 5.84. The monoisotopic (exact) mass is 259 g/mol. The Kier molecular flexibility index (Phi) is 3.54. The predicted molar refractivity (Wildman–Crippen MR) is 69.1 cm³/mol. The number of nitrogens with zero attached hydrogens (tertiary/aromatic N) is 3. The minimum Gasteiger partial charge on any atom is -0.299 e. The van der Waals surface area contributed by atoms with Crippen LogP contribution in [0.25, 0.3) is 0 Å². The molecular weight excluding hydrogens is 242 g/mol. The van der Waals surface area contributed by atoms with Crippen molar-refractivity contribution in [3.8, 4) is 0 Å². The normalized spacial score (nSPS) is 22.5. The Morgan fingerprint density at radius 3 is 2.81 bits per heavy atom. The molecule has 16 heavy (non-hydrogen) atoms. The number of aromatic nitrogens is 1. The molecule has 3 nitrogen and oxygen atoms in total. The van der Waals surface area contributed by atoms with E-state index in [0.29, 0.717) is 4.47 Å². The molecule has 1 aromatic rings. The van der Waals surface area contributed by atoms with Crippen LogP contribution in [-0.4, -0.2) is 47.0 Å². The van der Waals surface area contributed by atoms with E-state index in [0.717, 1.165) is 26.2 Å². The number of piperazine rings is 1. The molecule has 0 bridgehead atoms. The van der Waals surface area contributed by atoms with Crippen LogP contribution in [0.15, 0.2) is 6.20 Å². The van der Waals surface area contributed by atoms with Gasteiger partial charge in [-0.3, -0.25) is 9.80 Å². The van der Waals surface area contributed by atoms with Gasteiger partial charge < -0.3 is 0 Å². The molecular formula is C11H18ClN3S. The SMILES string of the molecule is CN1CCN(Cc2cnc(Cl)s2)CC1(C)C. The molecule has 0 saturated carbocycles. The van der Waals surface area contributed by atoms with E-state index < -0.39 is 0 Å². The highest BCUT2D eigenvalue weighted by molar-refractivity contribution is 7.15. The van der Waals surface area contributed by atoms with E-state index in [9.17, 15) is 0 Å². The molecule has 1 fully saturated rings. The molecule has 0 aromatic carbocycles. The van der Waals surface area contributed by atoms with Crippen molar-refractivity contribution in [3.05, 3.63) is 15.5 Å². The number of thiazole rings is 1. The summed E-state index contributed by atoms with van der Waals surface area (Å²) in [6.07, 6.45) is 1.89. The highest BCUT2D eigenvalue weighted by Crippen LogP contribution is 2.23. The lowest BCUT2D eigenvalue weighted by Crippen LogP contribution is -2.57. The number of likely N-dealkylation sites (N-methyl/N-ethyl adjacent to an activating group) is 1. The molecule has 0 radical (unpaired) electrons. The van der Waals surface area contributed by atoms with Crippen molar-refractivity contribution in [1.82, 2.24) is 14.8 Å². The summed E-state index contributed by atoms with van der Waals surface area (Å²) in [6.45, 7) is 8.90. The van der Waals surface area contributed by atoms with Crippen molar-refractivity contribution in [2.75, 3.05) is 26.7 Å². The molecule has 0 amide bonds.